The van der Waals surface area contributed by atoms with Gasteiger partial charge in [0.25, 0.3) is 11.6 Å². The number of carboxylic acids is 1. The average molecular weight is 381 g/mol. The fourth-order valence-electron chi connectivity index (χ4n) is 2.20. The molecule has 9 nitrogen and oxygen atoms in total. The van der Waals surface area contributed by atoms with Gasteiger partial charge in [-0.3, -0.25) is 14.9 Å². The zero-order valence-corrected chi connectivity index (χ0v) is 14.7. The minimum absolute atomic E-state index is 0.188. The van der Waals surface area contributed by atoms with E-state index < -0.39 is 23.4 Å². The number of aryl methyl sites for hydroxylation is 1. The maximum atomic E-state index is 12.4. The van der Waals surface area contributed by atoms with Crippen LogP contribution in [0.3, 0.4) is 0 Å². The third-order valence-electron chi connectivity index (χ3n) is 3.58. The molecule has 0 aromatic heterocycles. The van der Waals surface area contributed by atoms with Crippen LogP contribution in [-0.4, -0.2) is 28.5 Å². The summed E-state index contributed by atoms with van der Waals surface area (Å²) in [7, 11) is 0. The number of amides is 1. The molecule has 0 aliphatic carbocycles. The predicted molar refractivity (Wildman–Crippen MR) is 99.6 cm³/mol. The molecule has 0 aliphatic heterocycles. The first-order valence-electron chi connectivity index (χ1n) is 7.93. The monoisotopic (exact) mass is 381 g/mol. The third-order valence-corrected chi connectivity index (χ3v) is 3.58. The van der Waals surface area contributed by atoms with Gasteiger partial charge in [0, 0.05) is 12.1 Å². The highest BCUT2D eigenvalue weighted by Crippen LogP contribution is 2.23. The molecule has 0 aliphatic rings. The van der Waals surface area contributed by atoms with Gasteiger partial charge in [-0.05, 0) is 36.3 Å². The summed E-state index contributed by atoms with van der Waals surface area (Å²) in [5.41, 5.74) is 0.845. The number of nitro groups is 1. The molecule has 2 N–H and O–H groups in total. The van der Waals surface area contributed by atoms with E-state index >= 15 is 0 Å². The Bertz CT molecular complexity index is 1010. The van der Waals surface area contributed by atoms with Crippen LogP contribution in [0.4, 0.5) is 11.4 Å². The second-order valence-corrected chi connectivity index (χ2v) is 5.64. The van der Waals surface area contributed by atoms with E-state index in [1.165, 1.54) is 30.3 Å². The topological polar surface area (TPSA) is 143 Å². The molecule has 2 rings (SSSR count). The number of nitrogens with one attached hydrogen (secondary N) is 1. The number of carbonyl (C=O) groups is 2. The number of nitrogens with zero attached hydrogens (tertiary/aromatic N) is 2. The van der Waals surface area contributed by atoms with E-state index in [-0.39, 0.29) is 22.7 Å². The number of carbonyl (C=O) groups excluding carboxylic acids is 1. The fourth-order valence-corrected chi connectivity index (χ4v) is 2.20. The van der Waals surface area contributed by atoms with Crippen molar-refractivity contribution in [3.8, 4) is 11.8 Å². The van der Waals surface area contributed by atoms with Crippen LogP contribution in [0.15, 0.2) is 48.0 Å². The lowest BCUT2D eigenvalue weighted by molar-refractivity contribution is -0.384. The number of nitriles is 1. The molecule has 0 unspecified atom stereocenters. The number of anilines is 1. The van der Waals surface area contributed by atoms with Crippen molar-refractivity contribution in [1.29, 1.82) is 5.26 Å². The highest BCUT2D eigenvalue weighted by Gasteiger charge is 2.14. The Labute approximate surface area is 159 Å². The zero-order valence-electron chi connectivity index (χ0n) is 14.7. The van der Waals surface area contributed by atoms with Crippen LogP contribution in [0, 0.1) is 28.4 Å². The molecule has 2 aromatic carbocycles. The molecule has 28 heavy (non-hydrogen) atoms. The molecule has 0 radical (unpaired) electrons. The van der Waals surface area contributed by atoms with E-state index in [4.69, 9.17) is 9.84 Å². The summed E-state index contributed by atoms with van der Waals surface area (Å²) >= 11 is 0. The van der Waals surface area contributed by atoms with Crippen LogP contribution >= 0.6 is 0 Å². The molecule has 0 bridgehead atoms. The lowest BCUT2D eigenvalue weighted by atomic mass is 10.1. The molecule has 0 spiro atoms. The number of carboxylic acid groups (broad SMARTS) is 1. The number of ether oxygens (including phenoxy) is 1. The Hall–Kier alpha value is -4.19. The van der Waals surface area contributed by atoms with Gasteiger partial charge in [-0.15, -0.1) is 0 Å². The first-order chi connectivity index (χ1) is 13.3. The smallest absolute Gasteiger partial charge is 0.341 e. The van der Waals surface area contributed by atoms with Crippen molar-refractivity contribution in [1.82, 2.24) is 0 Å². The van der Waals surface area contributed by atoms with Gasteiger partial charge in [-0.2, -0.15) is 5.26 Å². The number of hydrogen-bond donors (Lipinski definition) is 2. The number of aliphatic carboxylic acids is 1. The Balaban J connectivity index is 2.23. The molecule has 142 valence electrons. The van der Waals surface area contributed by atoms with Gasteiger partial charge >= 0.3 is 5.97 Å². The minimum Gasteiger partial charge on any atom is -0.482 e. The maximum absolute atomic E-state index is 12.4. The lowest BCUT2D eigenvalue weighted by Gasteiger charge is -2.08. The summed E-state index contributed by atoms with van der Waals surface area (Å²) < 4.78 is 5.05. The zero-order chi connectivity index (χ0) is 20.7. The molecule has 9 heteroatoms. The second-order valence-electron chi connectivity index (χ2n) is 5.64. The highest BCUT2D eigenvalue weighted by atomic mass is 16.6. The molecule has 0 saturated carbocycles. The molecule has 0 saturated heterocycles. The Kier molecular flexibility index (Phi) is 6.44. The van der Waals surface area contributed by atoms with Gasteiger partial charge < -0.3 is 15.2 Å². The van der Waals surface area contributed by atoms with Crippen LogP contribution in [0.5, 0.6) is 5.75 Å². The summed E-state index contributed by atoms with van der Waals surface area (Å²) in [6, 6.07) is 12.0. The van der Waals surface area contributed by atoms with E-state index in [1.807, 2.05) is 0 Å². The van der Waals surface area contributed by atoms with Gasteiger partial charge in [0.1, 0.15) is 17.4 Å². The van der Waals surface area contributed by atoms with Crippen molar-refractivity contribution >= 4 is 29.3 Å². The maximum Gasteiger partial charge on any atom is 0.341 e. The number of rotatable bonds is 7. The van der Waals surface area contributed by atoms with Crippen LogP contribution in [-0.2, 0) is 9.59 Å². The van der Waals surface area contributed by atoms with Gasteiger partial charge in [0.05, 0.1) is 10.6 Å². The highest BCUT2D eigenvalue weighted by molar-refractivity contribution is 6.10. The van der Waals surface area contributed by atoms with E-state index in [2.05, 4.69) is 5.32 Å². The normalized spacial score (nSPS) is 10.6. The standard InChI is InChI=1S/C19H15N3O6/c1-12-5-6-15(22(26)27)9-17(12)21-19(25)14(10-20)7-13-3-2-4-16(8-13)28-11-18(23)24/h2-9H,11H2,1H3,(H,21,25)(H,23,24)/b14-7+. The summed E-state index contributed by atoms with van der Waals surface area (Å²) in [6.07, 6.45) is 1.30. The largest absolute Gasteiger partial charge is 0.482 e. The molecule has 1 amide bonds. The summed E-state index contributed by atoms with van der Waals surface area (Å²) in [6.45, 7) is 1.14. The molecule has 0 fully saturated rings. The lowest BCUT2D eigenvalue weighted by Crippen LogP contribution is -2.14. The van der Waals surface area contributed by atoms with Gasteiger partial charge in [0.15, 0.2) is 6.61 Å². The van der Waals surface area contributed by atoms with Gasteiger partial charge in [-0.25, -0.2) is 4.79 Å². The Morgan fingerprint density at radius 2 is 2.07 bits per heavy atom. The van der Waals surface area contributed by atoms with Crippen molar-refractivity contribution in [3.05, 3.63) is 69.3 Å². The summed E-state index contributed by atoms with van der Waals surface area (Å²) in [5, 5.41) is 31.3. The summed E-state index contributed by atoms with van der Waals surface area (Å²) in [5.74, 6) is -1.60. The van der Waals surface area contributed by atoms with Crippen LogP contribution in [0.1, 0.15) is 11.1 Å². The number of benzene rings is 2. The molecule has 0 atom stereocenters. The van der Waals surface area contributed by atoms with E-state index in [9.17, 15) is 25.0 Å². The Morgan fingerprint density at radius 1 is 1.32 bits per heavy atom. The van der Waals surface area contributed by atoms with E-state index in [1.54, 1.807) is 31.2 Å². The molecular formula is C19H15N3O6. The average Bonchev–Trinajstić information content (AvgIpc) is 2.66. The van der Waals surface area contributed by atoms with Crippen LogP contribution < -0.4 is 10.1 Å². The number of nitro benzene ring substituents is 1. The fraction of sp³-hybridized carbons (Fsp3) is 0.105. The van der Waals surface area contributed by atoms with Crippen molar-refractivity contribution in [3.63, 3.8) is 0 Å². The van der Waals surface area contributed by atoms with Crippen LogP contribution in [0.2, 0.25) is 0 Å². The molecule has 0 heterocycles. The predicted octanol–water partition coefficient (Wildman–Crippen LogP) is 2.91. The Morgan fingerprint density at radius 3 is 2.71 bits per heavy atom. The first-order valence-corrected chi connectivity index (χ1v) is 7.93. The molecule has 2 aromatic rings. The number of hydrogen-bond acceptors (Lipinski definition) is 6. The van der Waals surface area contributed by atoms with E-state index in [0.717, 1.165) is 0 Å². The van der Waals surface area contributed by atoms with Gasteiger partial charge in [-0.1, -0.05) is 18.2 Å². The second kappa shape index (κ2) is 8.95. The van der Waals surface area contributed by atoms with Crippen LogP contribution in [0.25, 0.3) is 6.08 Å². The molecular weight excluding hydrogens is 366 g/mol. The van der Waals surface area contributed by atoms with Crippen molar-refractivity contribution in [2.45, 2.75) is 6.92 Å². The van der Waals surface area contributed by atoms with Crippen molar-refractivity contribution in [2.24, 2.45) is 0 Å². The third kappa shape index (κ3) is 5.40. The number of non-ortho nitro benzene ring substituents is 1. The van der Waals surface area contributed by atoms with Crippen molar-refractivity contribution < 1.29 is 24.4 Å². The van der Waals surface area contributed by atoms with Crippen molar-refractivity contribution in [2.75, 3.05) is 11.9 Å². The summed E-state index contributed by atoms with van der Waals surface area (Å²) in [4.78, 5) is 33.3. The van der Waals surface area contributed by atoms with Gasteiger partial charge in [0.2, 0.25) is 0 Å². The minimum atomic E-state index is -1.13. The van der Waals surface area contributed by atoms with E-state index in [0.29, 0.717) is 11.1 Å². The SMILES string of the molecule is Cc1ccc([N+](=O)[O-])cc1NC(=O)/C(C#N)=C/c1cccc(OCC(=O)O)c1. The first kappa shape index (κ1) is 20.1. The quantitative estimate of drug-likeness (QED) is 0.325.